The van der Waals surface area contributed by atoms with E-state index in [0.29, 0.717) is 12.0 Å². The zero-order valence-corrected chi connectivity index (χ0v) is 13.4. The van der Waals surface area contributed by atoms with Crippen LogP contribution >= 0.6 is 0 Å². The van der Waals surface area contributed by atoms with E-state index in [-0.39, 0.29) is 6.10 Å². The van der Waals surface area contributed by atoms with Crippen LogP contribution in [0.3, 0.4) is 0 Å². The van der Waals surface area contributed by atoms with E-state index in [9.17, 15) is 5.11 Å². The molecule has 0 aromatic carbocycles. The molecule has 2 aromatic rings. The number of hydrogen-bond donors (Lipinski definition) is 1. The van der Waals surface area contributed by atoms with Gasteiger partial charge in [0, 0.05) is 12.0 Å². The van der Waals surface area contributed by atoms with Gasteiger partial charge < -0.3 is 5.11 Å². The average Bonchev–Trinajstić information content (AvgIpc) is 3.18. The van der Waals surface area contributed by atoms with E-state index in [0.717, 1.165) is 63.1 Å². The summed E-state index contributed by atoms with van der Waals surface area (Å²) in [5, 5.41) is 23.5. The Balaban J connectivity index is 1.37. The van der Waals surface area contributed by atoms with Crippen LogP contribution < -0.4 is 0 Å². The SMILES string of the molecule is OC1CCC1N1CCC(c2nnc3cc4c(nn23)CCC4)CC1. The van der Waals surface area contributed by atoms with Gasteiger partial charge in [-0.25, -0.2) is 0 Å². The van der Waals surface area contributed by atoms with Crippen molar-refractivity contribution in [3.8, 4) is 0 Å². The lowest BCUT2D eigenvalue weighted by Crippen LogP contribution is -2.52. The summed E-state index contributed by atoms with van der Waals surface area (Å²) in [7, 11) is 0. The third kappa shape index (κ3) is 2.19. The molecule has 1 saturated heterocycles. The first kappa shape index (κ1) is 13.9. The van der Waals surface area contributed by atoms with E-state index >= 15 is 0 Å². The second-order valence-corrected chi connectivity index (χ2v) is 7.32. The van der Waals surface area contributed by atoms with Crippen LogP contribution in [0.1, 0.15) is 55.1 Å². The summed E-state index contributed by atoms with van der Waals surface area (Å²) in [4.78, 5) is 2.46. The van der Waals surface area contributed by atoms with Crippen LogP contribution in [0.5, 0.6) is 0 Å². The number of aliphatic hydroxyl groups is 1. The maximum absolute atomic E-state index is 9.86. The van der Waals surface area contributed by atoms with Crippen LogP contribution in [0.15, 0.2) is 6.07 Å². The number of hydrogen-bond acceptors (Lipinski definition) is 5. The van der Waals surface area contributed by atoms with Gasteiger partial charge in [-0.05, 0) is 69.7 Å². The van der Waals surface area contributed by atoms with Gasteiger partial charge >= 0.3 is 0 Å². The lowest BCUT2D eigenvalue weighted by Gasteiger charge is -2.44. The number of rotatable bonds is 2. The van der Waals surface area contributed by atoms with Gasteiger partial charge in [-0.3, -0.25) is 4.90 Å². The molecular weight excluding hydrogens is 290 g/mol. The van der Waals surface area contributed by atoms with Crippen LogP contribution in [0.2, 0.25) is 0 Å². The summed E-state index contributed by atoms with van der Waals surface area (Å²) in [6.07, 6.45) is 7.60. The maximum Gasteiger partial charge on any atom is 0.178 e. The Morgan fingerprint density at radius 3 is 2.65 bits per heavy atom. The number of aromatic nitrogens is 4. The number of fused-ring (bicyclic) bond motifs is 2. The number of aryl methyl sites for hydroxylation is 2. The minimum Gasteiger partial charge on any atom is -0.391 e. The molecule has 2 aromatic heterocycles. The van der Waals surface area contributed by atoms with E-state index in [4.69, 9.17) is 5.10 Å². The highest BCUT2D eigenvalue weighted by Gasteiger charge is 2.36. The molecule has 0 radical (unpaired) electrons. The Labute approximate surface area is 135 Å². The normalized spacial score (nSPS) is 28.9. The molecule has 0 spiro atoms. The number of aliphatic hydroxyl groups excluding tert-OH is 1. The molecule has 3 aliphatic rings. The molecule has 2 unspecified atom stereocenters. The molecule has 6 nitrogen and oxygen atoms in total. The summed E-state index contributed by atoms with van der Waals surface area (Å²) < 4.78 is 1.99. The fraction of sp³-hybridized carbons (Fsp3) is 0.706. The van der Waals surface area contributed by atoms with Crippen LogP contribution in [-0.2, 0) is 12.8 Å². The molecule has 0 amide bonds. The van der Waals surface area contributed by atoms with Gasteiger partial charge in [-0.2, -0.15) is 9.61 Å². The van der Waals surface area contributed by atoms with Crippen LogP contribution in [0.25, 0.3) is 5.65 Å². The molecule has 23 heavy (non-hydrogen) atoms. The fourth-order valence-electron chi connectivity index (χ4n) is 4.43. The van der Waals surface area contributed by atoms with Gasteiger partial charge in [0.25, 0.3) is 0 Å². The quantitative estimate of drug-likeness (QED) is 0.905. The van der Waals surface area contributed by atoms with Gasteiger partial charge in [0.05, 0.1) is 11.8 Å². The number of nitrogens with zero attached hydrogens (tertiary/aromatic N) is 5. The second-order valence-electron chi connectivity index (χ2n) is 7.32. The first-order valence-electron chi connectivity index (χ1n) is 8.96. The lowest BCUT2D eigenvalue weighted by molar-refractivity contribution is -0.0304. The van der Waals surface area contributed by atoms with Crippen molar-refractivity contribution in [2.45, 2.75) is 63.0 Å². The first-order valence-corrected chi connectivity index (χ1v) is 8.96. The molecule has 1 aliphatic heterocycles. The average molecular weight is 313 g/mol. The van der Waals surface area contributed by atoms with Crippen molar-refractivity contribution in [1.82, 2.24) is 24.7 Å². The smallest absolute Gasteiger partial charge is 0.178 e. The predicted molar refractivity (Wildman–Crippen MR) is 85.4 cm³/mol. The third-order valence-corrected chi connectivity index (χ3v) is 6.01. The zero-order chi connectivity index (χ0) is 15.4. The third-order valence-electron chi connectivity index (χ3n) is 6.01. The van der Waals surface area contributed by atoms with Crippen molar-refractivity contribution in [1.29, 1.82) is 0 Å². The topological polar surface area (TPSA) is 66.5 Å². The van der Waals surface area contributed by atoms with Crippen molar-refractivity contribution in [3.63, 3.8) is 0 Å². The van der Waals surface area contributed by atoms with Crippen molar-refractivity contribution in [3.05, 3.63) is 23.1 Å². The number of likely N-dealkylation sites (tertiary alicyclic amines) is 1. The highest BCUT2D eigenvalue weighted by atomic mass is 16.3. The van der Waals surface area contributed by atoms with Crippen molar-refractivity contribution in [2.75, 3.05) is 13.1 Å². The second kappa shape index (κ2) is 5.24. The molecule has 0 bridgehead atoms. The van der Waals surface area contributed by atoms with Crippen LogP contribution in [-0.4, -0.2) is 55.1 Å². The Bertz CT molecular complexity index is 734. The van der Waals surface area contributed by atoms with Crippen LogP contribution in [0.4, 0.5) is 0 Å². The van der Waals surface area contributed by atoms with Crippen molar-refractivity contribution in [2.24, 2.45) is 0 Å². The van der Waals surface area contributed by atoms with E-state index in [2.05, 4.69) is 21.2 Å². The summed E-state index contributed by atoms with van der Waals surface area (Å²) in [6, 6.07) is 2.57. The van der Waals surface area contributed by atoms with Crippen LogP contribution in [0, 0.1) is 0 Å². The first-order chi connectivity index (χ1) is 11.3. The monoisotopic (exact) mass is 313 g/mol. The van der Waals surface area contributed by atoms with Gasteiger partial charge in [0.15, 0.2) is 11.5 Å². The zero-order valence-electron chi connectivity index (χ0n) is 13.4. The van der Waals surface area contributed by atoms with Crippen molar-refractivity contribution >= 4 is 5.65 Å². The van der Waals surface area contributed by atoms with Gasteiger partial charge in [-0.1, -0.05) is 0 Å². The predicted octanol–water partition coefficient (Wildman–Crippen LogP) is 1.32. The summed E-state index contributed by atoms with van der Waals surface area (Å²) >= 11 is 0. The minimum absolute atomic E-state index is 0.107. The molecule has 2 atom stereocenters. The van der Waals surface area contributed by atoms with E-state index in [1.807, 2.05) is 4.52 Å². The lowest BCUT2D eigenvalue weighted by atomic mass is 9.85. The molecular formula is C17H23N5O. The molecule has 5 rings (SSSR count). The highest BCUT2D eigenvalue weighted by Crippen LogP contribution is 2.33. The van der Waals surface area contributed by atoms with Gasteiger partial charge in [0.1, 0.15) is 0 Å². The standard InChI is InChI=1S/C17H23N5O/c23-15-5-4-14(15)21-8-6-11(7-9-21)17-19-18-16-10-12-2-1-3-13(12)20-22(16)17/h10-11,14-15,23H,1-9H2. The largest absolute Gasteiger partial charge is 0.391 e. The molecule has 1 saturated carbocycles. The molecule has 2 fully saturated rings. The van der Waals surface area contributed by atoms with E-state index in [1.54, 1.807) is 0 Å². The fourth-order valence-corrected chi connectivity index (χ4v) is 4.43. The molecule has 6 heteroatoms. The van der Waals surface area contributed by atoms with E-state index < -0.39 is 0 Å². The Hall–Kier alpha value is -1.53. The highest BCUT2D eigenvalue weighted by molar-refractivity contribution is 5.43. The van der Waals surface area contributed by atoms with E-state index in [1.165, 1.54) is 17.7 Å². The minimum atomic E-state index is -0.107. The number of piperidine rings is 1. The Morgan fingerprint density at radius 2 is 1.91 bits per heavy atom. The van der Waals surface area contributed by atoms with Gasteiger partial charge in [0.2, 0.25) is 0 Å². The summed E-state index contributed by atoms with van der Waals surface area (Å²) in [6.45, 7) is 2.10. The molecule has 1 N–H and O–H groups in total. The molecule has 3 heterocycles. The Kier molecular flexibility index (Phi) is 3.16. The Morgan fingerprint density at radius 1 is 1.04 bits per heavy atom. The molecule has 122 valence electrons. The molecule has 2 aliphatic carbocycles. The van der Waals surface area contributed by atoms with Crippen molar-refractivity contribution < 1.29 is 5.11 Å². The van der Waals surface area contributed by atoms with Gasteiger partial charge in [-0.15, -0.1) is 10.2 Å². The summed E-state index contributed by atoms with van der Waals surface area (Å²) in [5.74, 6) is 1.47. The summed E-state index contributed by atoms with van der Waals surface area (Å²) in [5.41, 5.74) is 3.48. The maximum atomic E-state index is 9.86.